The molecule has 137 heavy (non-hydrogen) atoms. The molecule has 4 aliphatic heterocycles. The third-order valence-electron chi connectivity index (χ3n) is 23.0. The van der Waals surface area contributed by atoms with Gasteiger partial charge >= 0.3 is 0 Å². The number of benzene rings is 6. The van der Waals surface area contributed by atoms with E-state index in [0.717, 1.165) is 144 Å². The summed E-state index contributed by atoms with van der Waals surface area (Å²) in [5, 5.41) is 3.36. The van der Waals surface area contributed by atoms with E-state index in [1.807, 2.05) is 64.6 Å². The van der Waals surface area contributed by atoms with Crippen LogP contribution in [0.1, 0.15) is 83.0 Å². The molecule has 0 unspecified atom stereocenters. The lowest BCUT2D eigenvalue weighted by Crippen LogP contribution is -2.36. The average Bonchev–Trinajstić information content (AvgIpc) is 1.78. The Bertz CT molecular complexity index is 7130. The Morgan fingerprint density at radius 1 is 0.328 bits per heavy atom. The zero-order valence-electron chi connectivity index (χ0n) is 79.1. The summed E-state index contributed by atoms with van der Waals surface area (Å²) in [4.78, 5) is 123. The summed E-state index contributed by atoms with van der Waals surface area (Å²) < 4.78 is 74.7. The van der Waals surface area contributed by atoms with Gasteiger partial charge < -0.3 is 48.0 Å². The summed E-state index contributed by atoms with van der Waals surface area (Å²) in [7, 11) is 0. The molecule has 19 rings (SSSR count). The number of nitrogens with zero attached hydrogens (tertiary/aromatic N) is 21. The number of rotatable bonds is 16. The molecule has 4 saturated heterocycles. The number of thiazole rings is 2. The Labute approximate surface area is 798 Å². The molecule has 712 valence electrons. The van der Waals surface area contributed by atoms with Crippen LogP contribution in [0.3, 0.4) is 0 Å². The first-order valence-corrected chi connectivity index (χ1v) is 46.7. The summed E-state index contributed by atoms with van der Waals surface area (Å²) in [6, 6.07) is 47.9. The predicted molar refractivity (Wildman–Crippen MR) is 531 cm³/mol. The van der Waals surface area contributed by atoms with Crippen LogP contribution in [-0.4, -0.2) is 195 Å². The van der Waals surface area contributed by atoms with E-state index in [1.54, 1.807) is 139 Å². The molecule has 0 bridgehead atoms. The molecular formula is C101H110F3N21O10S2. The smallest absolute Gasteiger partial charge is 0.258 e. The van der Waals surface area contributed by atoms with Crippen molar-refractivity contribution in [2.75, 3.05) is 143 Å². The largest absolute Gasteiger partial charge is 0.378 e. The highest BCUT2D eigenvalue weighted by Crippen LogP contribution is 2.33. The van der Waals surface area contributed by atoms with Gasteiger partial charge in [-0.15, -0.1) is 0 Å². The van der Waals surface area contributed by atoms with Gasteiger partial charge in [-0.3, -0.25) is 56.2 Å². The second-order valence-electron chi connectivity index (χ2n) is 32.8. The molecule has 0 saturated carbocycles. The van der Waals surface area contributed by atoms with Gasteiger partial charge in [0.1, 0.15) is 72.4 Å². The van der Waals surface area contributed by atoms with Gasteiger partial charge in [-0.2, -0.15) is 0 Å². The molecule has 0 radical (unpaired) electrons. The fourth-order valence-electron chi connectivity index (χ4n) is 16.5. The summed E-state index contributed by atoms with van der Waals surface area (Å²) in [6.45, 7) is 39.7. The zero-order chi connectivity index (χ0) is 97.3. The SMILES string of the molecule is CCN(CC)c1ccc(-c2ncc(-n3c(C)nc(C)cc3=O)s2)cc1.Cc1cc(=O)n(-c2cc(N3CCOCC3)ccc2F)c(C)n1.Cc1cc(=O)n(-c2ccc(-n3ccnc3)c(F)c2)c(C)n1.Cc1cc(=O)n(-c2ccc(F)c(N3CCOCC3)c2)c(C)n1.Cc1cc(=O)n(-c2cccc(N3CCOCC3)c2)c(C)n1.Cc1cc(=O)n(-c2cnc(-c3ccc(N4CCOCC4)cc3)s2)c(C)n1. The number of hydrogen-bond acceptors (Lipinski definition) is 26. The second kappa shape index (κ2) is 45.4. The van der Waals surface area contributed by atoms with Crippen LogP contribution in [0, 0.1) is 101 Å². The van der Waals surface area contributed by atoms with E-state index in [2.05, 4.69) is 133 Å². The summed E-state index contributed by atoms with van der Waals surface area (Å²) >= 11 is 2.99. The van der Waals surface area contributed by atoms with Gasteiger partial charge in [0.05, 0.1) is 106 Å². The van der Waals surface area contributed by atoms with E-state index in [0.29, 0.717) is 114 Å². The van der Waals surface area contributed by atoms with Crippen LogP contribution < -0.4 is 57.9 Å². The van der Waals surface area contributed by atoms with Crippen molar-refractivity contribution in [3.05, 3.63) is 344 Å². The van der Waals surface area contributed by atoms with Gasteiger partial charge in [-0.1, -0.05) is 28.7 Å². The first-order valence-electron chi connectivity index (χ1n) is 45.1. The molecule has 15 aromatic rings. The van der Waals surface area contributed by atoms with E-state index in [1.165, 1.54) is 90.5 Å². The van der Waals surface area contributed by atoms with Crippen molar-refractivity contribution in [1.29, 1.82) is 0 Å². The standard InChI is InChI=1S/C19H20N4O2S.C19H22N4OS.2C16H18FN3O2.C16H19N3O2.C15H13FN4O/c1-13-11-17(24)23(14(2)21-13)18-12-20-19(26-18)15-3-5-16(6-4-15)22-7-9-25-10-8-22;1-5-22(6-2)16-9-7-15(8-10-16)19-20-12-18(25-19)23-14(4)21-13(3)11-17(23)24;1-11-9-16(21)20(12(2)18-11)13-3-4-14(17)15(10-13)19-5-7-22-8-6-19;1-11-9-16(21)20(12(2)18-11)15-10-13(3-4-14(15)17)19-5-7-22-8-6-19;1-12-10-16(20)19(13(2)17-12)15-5-3-4-14(11-15)18-6-8-21-9-7-18;1-10-7-15(21)20(11(2)18-10)12-3-4-14(13(16)8-12)19-6-5-17-9-19/h3-6,11-12H,7-10H2,1-2H3;7-12H,5-6H2,1-4H3;2*3-4,9-10H,5-8H2,1-2H3;3-5,10-11H,6-9H2,1-2H3;3-9H,1-2H3. The molecule has 0 aliphatic carbocycles. The van der Waals surface area contributed by atoms with Gasteiger partial charge in [0, 0.05) is 188 Å². The van der Waals surface area contributed by atoms with Gasteiger partial charge in [-0.25, -0.2) is 58.0 Å². The summed E-state index contributed by atoms with van der Waals surface area (Å²) in [5.41, 5.74) is 12.8. The van der Waals surface area contributed by atoms with Crippen LogP contribution in [0.25, 0.3) is 59.6 Å². The molecule has 0 N–H and O–H groups in total. The maximum Gasteiger partial charge on any atom is 0.258 e. The Hall–Kier alpha value is -14.3. The quantitative estimate of drug-likeness (QED) is 0.0867. The van der Waals surface area contributed by atoms with Crippen LogP contribution in [0.2, 0.25) is 0 Å². The Morgan fingerprint density at radius 2 is 0.657 bits per heavy atom. The van der Waals surface area contributed by atoms with Crippen molar-refractivity contribution in [2.24, 2.45) is 0 Å². The van der Waals surface area contributed by atoms with E-state index < -0.39 is 11.6 Å². The highest BCUT2D eigenvalue weighted by Gasteiger charge is 2.23. The minimum Gasteiger partial charge on any atom is -0.378 e. The molecular weight excluding hydrogens is 1790 g/mol. The molecule has 4 fully saturated rings. The van der Waals surface area contributed by atoms with Crippen LogP contribution >= 0.6 is 22.7 Å². The molecule has 4 aliphatic rings. The Morgan fingerprint density at radius 3 is 1.05 bits per heavy atom. The lowest BCUT2D eigenvalue weighted by Gasteiger charge is -2.29. The molecule has 0 spiro atoms. The normalized spacial score (nSPS) is 13.6. The van der Waals surface area contributed by atoms with E-state index in [4.69, 9.17) is 18.9 Å². The van der Waals surface area contributed by atoms with Crippen molar-refractivity contribution in [1.82, 2.24) is 76.8 Å². The van der Waals surface area contributed by atoms with Crippen LogP contribution in [-0.2, 0) is 18.9 Å². The summed E-state index contributed by atoms with van der Waals surface area (Å²) in [6.07, 6.45) is 8.22. The fourth-order valence-corrected chi connectivity index (χ4v) is 18.5. The van der Waals surface area contributed by atoms with E-state index in [9.17, 15) is 41.9 Å². The number of anilines is 5. The first kappa shape index (κ1) is 98.7. The number of morpholine rings is 4. The van der Waals surface area contributed by atoms with Crippen molar-refractivity contribution >= 4 is 51.1 Å². The third-order valence-corrected chi connectivity index (χ3v) is 25.0. The number of halogens is 3. The third kappa shape index (κ3) is 24.3. The lowest BCUT2D eigenvalue weighted by molar-refractivity contribution is 0.122. The average molecular weight is 1900 g/mol. The molecule has 0 atom stereocenters. The van der Waals surface area contributed by atoms with E-state index >= 15 is 0 Å². The zero-order valence-corrected chi connectivity index (χ0v) is 80.8. The topological polar surface area (TPSA) is 306 Å². The second-order valence-corrected chi connectivity index (χ2v) is 34.8. The van der Waals surface area contributed by atoms with Gasteiger partial charge in [0.25, 0.3) is 33.4 Å². The number of ether oxygens (including phenoxy) is 4. The lowest BCUT2D eigenvalue weighted by atomic mass is 10.2. The van der Waals surface area contributed by atoms with Crippen molar-refractivity contribution < 1.29 is 32.1 Å². The predicted octanol–water partition coefficient (Wildman–Crippen LogP) is 14.1. The monoisotopic (exact) mass is 1900 g/mol. The maximum atomic E-state index is 14.3. The fraction of sp³-hybridized carbons (Fsp3) is 0.317. The van der Waals surface area contributed by atoms with Gasteiger partial charge in [0.2, 0.25) is 0 Å². The number of aryl methyl sites for hydroxylation is 12. The van der Waals surface area contributed by atoms with E-state index in [-0.39, 0.29) is 44.9 Å². The number of hydrogen-bond donors (Lipinski definition) is 0. The molecule has 31 nitrogen and oxygen atoms in total. The van der Waals surface area contributed by atoms with Crippen molar-refractivity contribution in [2.45, 2.75) is 96.9 Å². The first-order chi connectivity index (χ1) is 66.0. The van der Waals surface area contributed by atoms with Gasteiger partial charge in [0.15, 0.2) is 0 Å². The highest BCUT2D eigenvalue weighted by molar-refractivity contribution is 7.17. The molecule has 36 heteroatoms. The van der Waals surface area contributed by atoms with Crippen LogP contribution in [0.4, 0.5) is 41.6 Å². The molecule has 0 amide bonds. The minimum absolute atomic E-state index is 0.0425. The molecule has 13 heterocycles. The maximum absolute atomic E-state index is 14.3. The van der Waals surface area contributed by atoms with Crippen molar-refractivity contribution in [3.63, 3.8) is 0 Å². The summed E-state index contributed by atoms with van der Waals surface area (Å²) in [5.74, 6) is 2.48. The molecule has 6 aromatic carbocycles. The highest BCUT2D eigenvalue weighted by atomic mass is 32.1. The Balaban J connectivity index is 0.000000132. The number of imidazole rings is 1. The Kier molecular flexibility index (Phi) is 32.7. The van der Waals surface area contributed by atoms with Gasteiger partial charge in [-0.05, 0) is 212 Å². The van der Waals surface area contributed by atoms with Crippen molar-refractivity contribution in [3.8, 4) is 59.6 Å². The molecule has 9 aromatic heterocycles. The van der Waals surface area contributed by atoms with Crippen LogP contribution in [0.15, 0.2) is 224 Å². The minimum atomic E-state index is -0.437. The van der Waals surface area contributed by atoms with Crippen LogP contribution in [0.5, 0.6) is 0 Å². The number of aromatic nitrogens is 16.